The van der Waals surface area contributed by atoms with Gasteiger partial charge in [-0.25, -0.2) is 22.5 Å². The lowest BCUT2D eigenvalue weighted by atomic mass is 9.93. The molecule has 0 aliphatic heterocycles. The van der Waals surface area contributed by atoms with Crippen LogP contribution >= 0.6 is 11.6 Å². The van der Waals surface area contributed by atoms with E-state index in [2.05, 4.69) is 32.7 Å². The van der Waals surface area contributed by atoms with Crippen molar-refractivity contribution in [3.05, 3.63) is 93.0 Å². The number of halogens is 7. The van der Waals surface area contributed by atoms with E-state index in [0.717, 1.165) is 12.1 Å². The van der Waals surface area contributed by atoms with Gasteiger partial charge in [-0.3, -0.25) is 14.2 Å². The van der Waals surface area contributed by atoms with Crippen LogP contribution < -0.4 is 10.6 Å². The van der Waals surface area contributed by atoms with E-state index in [-0.39, 0.29) is 35.4 Å². The lowest BCUT2D eigenvalue weighted by molar-refractivity contribution is -0.123. The Morgan fingerprint density at radius 2 is 1.79 bits per heavy atom. The number of nitrogens with one attached hydrogen (secondary N) is 2. The monoisotopic (exact) mass is 755 g/mol. The van der Waals surface area contributed by atoms with Gasteiger partial charge in [0.15, 0.2) is 5.82 Å². The van der Waals surface area contributed by atoms with Gasteiger partial charge in [0.05, 0.1) is 27.7 Å². The molecule has 3 aromatic heterocycles. The first-order valence-corrected chi connectivity index (χ1v) is 17.0. The Morgan fingerprint density at radius 1 is 1.09 bits per heavy atom. The maximum Gasteiger partial charge on any atom is 0.293 e. The molecule has 7 rings (SSSR count). The number of pyridine rings is 1. The van der Waals surface area contributed by atoms with E-state index in [9.17, 15) is 27.5 Å². The van der Waals surface area contributed by atoms with Gasteiger partial charge in [-0.1, -0.05) is 23.6 Å². The number of rotatable bonds is 9. The Kier molecular flexibility index (Phi) is 8.97. The van der Waals surface area contributed by atoms with Gasteiger partial charge in [0, 0.05) is 42.8 Å². The summed E-state index contributed by atoms with van der Waals surface area (Å²) in [7, 11) is 3.37. The first-order valence-electron chi connectivity index (χ1n) is 16.6. The average molecular weight is 756 g/mol. The molecule has 1 saturated carbocycles. The van der Waals surface area contributed by atoms with Crippen molar-refractivity contribution in [3.8, 4) is 23.0 Å². The van der Waals surface area contributed by atoms with Gasteiger partial charge in [0.2, 0.25) is 5.91 Å². The zero-order chi connectivity index (χ0) is 38.1. The Balaban J connectivity index is 1.37. The number of fused-ring (bicyclic) bond motifs is 4. The van der Waals surface area contributed by atoms with Crippen LogP contribution in [0.15, 0.2) is 42.5 Å². The van der Waals surface area contributed by atoms with Crippen LogP contribution in [0.1, 0.15) is 72.6 Å². The van der Waals surface area contributed by atoms with Crippen molar-refractivity contribution in [2.75, 3.05) is 12.4 Å². The molecule has 2 aliphatic carbocycles. The first kappa shape index (κ1) is 36.3. The number of carbonyl (C=O) groups is 1. The Labute approximate surface area is 304 Å². The van der Waals surface area contributed by atoms with Crippen molar-refractivity contribution >= 4 is 34.2 Å². The molecule has 0 bridgehead atoms. The van der Waals surface area contributed by atoms with Crippen molar-refractivity contribution in [1.29, 1.82) is 0 Å². The second-order valence-corrected chi connectivity index (χ2v) is 14.2. The minimum absolute atomic E-state index is 0.0511. The number of carbonyl (C=O) groups excluding carboxylic acids is 1. The summed E-state index contributed by atoms with van der Waals surface area (Å²) in [5.41, 5.74) is -1.18. The van der Waals surface area contributed by atoms with E-state index in [0.29, 0.717) is 43.6 Å². The summed E-state index contributed by atoms with van der Waals surface area (Å²) >= 11 is 6.61. The molecule has 0 spiro atoms. The second-order valence-electron chi connectivity index (χ2n) is 13.8. The number of aliphatic hydroxyl groups is 1. The SMILES string of the molecule is CNc1nn(C)c2c(-c3ccc(C#CC(C)(C)O)nc3C(Cc3cc(F)cc(F)c3)NC(=O)Cn3nc(C(F)F)c4c3C(F)(F)[C@@H]3C[C@H]43)ccc(Cl)c12. The number of hydrogen-bond donors (Lipinski definition) is 3. The van der Waals surface area contributed by atoms with Crippen molar-refractivity contribution < 1.29 is 36.2 Å². The summed E-state index contributed by atoms with van der Waals surface area (Å²) in [6.07, 6.45) is -3.34. The van der Waals surface area contributed by atoms with E-state index in [1.54, 1.807) is 43.0 Å². The number of hydrogen-bond acceptors (Lipinski definition) is 6. The summed E-state index contributed by atoms with van der Waals surface area (Å²) in [5, 5.41) is 25.3. The highest BCUT2D eigenvalue weighted by Crippen LogP contribution is 2.68. The van der Waals surface area contributed by atoms with Crippen LogP contribution in [-0.2, 0) is 30.7 Å². The van der Waals surface area contributed by atoms with Gasteiger partial charge in [0.25, 0.3) is 12.3 Å². The van der Waals surface area contributed by atoms with Gasteiger partial charge < -0.3 is 15.7 Å². The minimum Gasteiger partial charge on any atom is -0.378 e. The number of alkyl halides is 4. The van der Waals surface area contributed by atoms with E-state index < -0.39 is 71.3 Å². The standard InChI is InChI=1S/C37H32ClF6N7O2/c1-36(2,53)10-9-20-5-6-21(22-7-8-25(38)29-32(22)50(4)49-35(29)45-3)30(46-20)26(13-17-11-18(39)14-19(40)12-17)47-27(52)16-51-33-28(31(48-51)34(41)42)23-15-24(23)37(33,43)44/h5-8,11-12,14,23-24,26,34,53H,13,15-16H2,1-4H3,(H,45,49)(H,47,52)/t23-,24+,26?/m0/s1. The van der Waals surface area contributed by atoms with Crippen LogP contribution in [0.5, 0.6) is 0 Å². The molecule has 1 amide bonds. The van der Waals surface area contributed by atoms with E-state index in [1.807, 2.05) is 0 Å². The van der Waals surface area contributed by atoms with Crippen LogP contribution in [0.4, 0.5) is 32.2 Å². The van der Waals surface area contributed by atoms with E-state index in [1.165, 1.54) is 13.8 Å². The smallest absolute Gasteiger partial charge is 0.293 e. The lowest BCUT2D eigenvalue weighted by Crippen LogP contribution is -2.35. The Hall–Kier alpha value is -5.07. The second kappa shape index (κ2) is 13.1. The summed E-state index contributed by atoms with van der Waals surface area (Å²) in [4.78, 5) is 18.6. The number of aromatic nitrogens is 5. The van der Waals surface area contributed by atoms with Crippen molar-refractivity contribution in [3.63, 3.8) is 0 Å². The summed E-state index contributed by atoms with van der Waals surface area (Å²) in [5.74, 6) is -2.08. The van der Waals surface area contributed by atoms with Crippen molar-refractivity contribution in [2.45, 2.75) is 63.1 Å². The molecule has 0 radical (unpaired) electrons. The quantitative estimate of drug-likeness (QED) is 0.109. The molecule has 2 aliphatic rings. The van der Waals surface area contributed by atoms with Gasteiger partial charge in [-0.15, -0.1) is 0 Å². The van der Waals surface area contributed by atoms with Gasteiger partial charge in [0.1, 0.15) is 40.9 Å². The molecule has 53 heavy (non-hydrogen) atoms. The summed E-state index contributed by atoms with van der Waals surface area (Å²) in [6.45, 7) is 2.09. The molecule has 0 saturated heterocycles. The largest absolute Gasteiger partial charge is 0.378 e. The highest BCUT2D eigenvalue weighted by atomic mass is 35.5. The first-order chi connectivity index (χ1) is 25.0. The Bertz CT molecular complexity index is 2340. The summed E-state index contributed by atoms with van der Waals surface area (Å²) in [6, 6.07) is 8.22. The predicted molar refractivity (Wildman–Crippen MR) is 185 cm³/mol. The topological polar surface area (TPSA) is 110 Å². The molecule has 3 N–H and O–H groups in total. The van der Waals surface area contributed by atoms with Crippen molar-refractivity contribution in [2.24, 2.45) is 13.0 Å². The van der Waals surface area contributed by atoms with Crippen LogP contribution in [0.25, 0.3) is 22.0 Å². The maximum absolute atomic E-state index is 15.3. The maximum atomic E-state index is 15.3. The van der Waals surface area contributed by atoms with Crippen LogP contribution in [0.2, 0.25) is 5.02 Å². The lowest BCUT2D eigenvalue weighted by Gasteiger charge is -2.23. The molecule has 1 fully saturated rings. The van der Waals surface area contributed by atoms with Gasteiger partial charge in [-0.2, -0.15) is 19.0 Å². The third kappa shape index (κ3) is 6.70. The predicted octanol–water partition coefficient (Wildman–Crippen LogP) is 7.17. The molecule has 3 atom stereocenters. The normalized spacial score (nSPS) is 17.7. The van der Waals surface area contributed by atoms with Crippen LogP contribution in [0, 0.1) is 29.4 Å². The molecule has 276 valence electrons. The third-order valence-corrected chi connectivity index (χ3v) is 9.69. The fraction of sp³-hybridized carbons (Fsp3) is 0.351. The molecular weight excluding hydrogens is 724 g/mol. The summed E-state index contributed by atoms with van der Waals surface area (Å²) < 4.78 is 89.8. The average Bonchev–Trinajstić information content (AvgIpc) is 3.60. The van der Waals surface area contributed by atoms with Crippen molar-refractivity contribution in [1.82, 2.24) is 29.9 Å². The number of nitrogens with zero attached hydrogens (tertiary/aromatic N) is 5. The molecule has 1 unspecified atom stereocenters. The van der Waals surface area contributed by atoms with E-state index >= 15 is 8.78 Å². The van der Waals surface area contributed by atoms with Crippen LogP contribution in [-0.4, -0.2) is 48.2 Å². The molecule has 16 heteroatoms. The third-order valence-electron chi connectivity index (χ3n) is 9.37. The zero-order valence-corrected chi connectivity index (χ0v) is 29.5. The highest BCUT2D eigenvalue weighted by molar-refractivity contribution is 6.37. The molecule has 3 heterocycles. The zero-order valence-electron chi connectivity index (χ0n) is 28.7. The fourth-order valence-corrected chi connectivity index (χ4v) is 7.40. The molecule has 2 aromatic carbocycles. The number of anilines is 1. The van der Waals surface area contributed by atoms with Gasteiger partial charge in [-0.05, 0) is 74.4 Å². The highest BCUT2D eigenvalue weighted by Gasteiger charge is 2.67. The van der Waals surface area contributed by atoms with Crippen LogP contribution in [0.3, 0.4) is 0 Å². The van der Waals surface area contributed by atoms with E-state index in [4.69, 9.17) is 16.6 Å². The fourth-order valence-electron chi connectivity index (χ4n) is 7.16. The minimum atomic E-state index is -3.46. The number of amides is 1. The van der Waals surface area contributed by atoms with Gasteiger partial charge >= 0.3 is 0 Å². The molecular formula is C37H32ClF6N7O2. The number of aryl methyl sites for hydroxylation is 1. The molecule has 9 nitrogen and oxygen atoms in total. The number of benzene rings is 2. The Morgan fingerprint density at radius 3 is 2.45 bits per heavy atom. The molecule has 5 aromatic rings.